The second kappa shape index (κ2) is 5.08. The first-order valence-electron chi connectivity index (χ1n) is 4.90. The first kappa shape index (κ1) is 11.9. The van der Waals surface area contributed by atoms with E-state index >= 15 is 0 Å². The second-order valence-corrected chi connectivity index (χ2v) is 3.71. The maximum Gasteiger partial charge on any atom is 0.249 e. The summed E-state index contributed by atoms with van der Waals surface area (Å²) in [6, 6.07) is 8.68. The number of nitrogens with zero attached hydrogens (tertiary/aromatic N) is 2. The molecule has 0 N–H and O–H groups in total. The molecule has 0 aliphatic rings. The molecule has 0 aliphatic carbocycles. The molecule has 0 amide bonds. The Balaban J connectivity index is 3.05. The Morgan fingerprint density at radius 2 is 2.00 bits per heavy atom. The van der Waals surface area contributed by atoms with Crippen molar-refractivity contribution in [2.45, 2.75) is 13.8 Å². The SMILES string of the molecule is CC(C)/C(=C/c1ccc(C#N)cc1)[N+](=O)[O-]. The topological polar surface area (TPSA) is 66.9 Å². The molecule has 0 fully saturated rings. The van der Waals surface area contributed by atoms with Gasteiger partial charge in [-0.1, -0.05) is 26.0 Å². The summed E-state index contributed by atoms with van der Waals surface area (Å²) in [4.78, 5) is 10.4. The monoisotopic (exact) mass is 216 g/mol. The highest BCUT2D eigenvalue weighted by Gasteiger charge is 2.15. The van der Waals surface area contributed by atoms with Gasteiger partial charge in [0.1, 0.15) is 0 Å². The quantitative estimate of drug-likeness (QED) is 0.576. The second-order valence-electron chi connectivity index (χ2n) is 3.71. The highest BCUT2D eigenvalue weighted by Crippen LogP contribution is 2.15. The van der Waals surface area contributed by atoms with Crippen LogP contribution in [0.1, 0.15) is 25.0 Å². The third kappa shape index (κ3) is 2.92. The van der Waals surface area contributed by atoms with Gasteiger partial charge in [0.2, 0.25) is 5.70 Å². The molecule has 4 heteroatoms. The predicted octanol–water partition coefficient (Wildman–Crippen LogP) is 2.83. The smallest absolute Gasteiger partial charge is 0.249 e. The van der Waals surface area contributed by atoms with Crippen LogP contribution < -0.4 is 0 Å². The van der Waals surface area contributed by atoms with E-state index in [0.29, 0.717) is 5.56 Å². The lowest BCUT2D eigenvalue weighted by Gasteiger charge is -2.01. The zero-order valence-electron chi connectivity index (χ0n) is 9.18. The summed E-state index contributed by atoms with van der Waals surface area (Å²) in [5.74, 6) is -0.134. The Hall–Kier alpha value is -2.15. The van der Waals surface area contributed by atoms with Crippen molar-refractivity contribution in [3.8, 4) is 6.07 Å². The van der Waals surface area contributed by atoms with E-state index in [1.165, 1.54) is 6.08 Å². The van der Waals surface area contributed by atoms with E-state index in [0.717, 1.165) is 5.56 Å². The Morgan fingerprint density at radius 3 is 2.38 bits per heavy atom. The minimum Gasteiger partial charge on any atom is -0.259 e. The van der Waals surface area contributed by atoms with Crippen LogP contribution in [0.3, 0.4) is 0 Å². The van der Waals surface area contributed by atoms with E-state index in [-0.39, 0.29) is 16.5 Å². The average Bonchev–Trinajstić information content (AvgIpc) is 2.25. The van der Waals surface area contributed by atoms with Gasteiger partial charge in [-0.25, -0.2) is 0 Å². The van der Waals surface area contributed by atoms with Gasteiger partial charge in [0, 0.05) is 12.0 Å². The summed E-state index contributed by atoms with van der Waals surface area (Å²) in [6.07, 6.45) is 1.53. The number of allylic oxidation sites excluding steroid dienone is 1. The number of hydrogen-bond donors (Lipinski definition) is 0. The summed E-state index contributed by atoms with van der Waals surface area (Å²) in [5.41, 5.74) is 1.45. The molecule has 1 aromatic rings. The number of hydrogen-bond acceptors (Lipinski definition) is 3. The van der Waals surface area contributed by atoms with Gasteiger partial charge >= 0.3 is 0 Å². The standard InChI is InChI=1S/C12H12N2O2/c1-9(2)12(14(15)16)7-10-3-5-11(8-13)6-4-10/h3-7,9H,1-2H3/b12-7-. The first-order valence-corrected chi connectivity index (χ1v) is 4.90. The Kier molecular flexibility index (Phi) is 3.78. The van der Waals surface area contributed by atoms with Gasteiger partial charge in [-0.2, -0.15) is 5.26 Å². The lowest BCUT2D eigenvalue weighted by molar-refractivity contribution is -0.431. The molecule has 0 heterocycles. The first-order chi connectivity index (χ1) is 7.54. The molecule has 0 saturated carbocycles. The Bertz CT molecular complexity index is 453. The van der Waals surface area contributed by atoms with Gasteiger partial charge < -0.3 is 0 Å². The molecule has 82 valence electrons. The number of nitriles is 1. The summed E-state index contributed by atoms with van der Waals surface area (Å²) >= 11 is 0. The van der Waals surface area contributed by atoms with Crippen molar-refractivity contribution in [2.75, 3.05) is 0 Å². The van der Waals surface area contributed by atoms with Gasteiger partial charge in [0.15, 0.2) is 0 Å². The van der Waals surface area contributed by atoms with Gasteiger partial charge in [0.05, 0.1) is 16.6 Å². The van der Waals surface area contributed by atoms with Crippen molar-refractivity contribution in [2.24, 2.45) is 5.92 Å². The number of benzene rings is 1. The predicted molar refractivity (Wildman–Crippen MR) is 61.0 cm³/mol. The maximum atomic E-state index is 10.8. The van der Waals surface area contributed by atoms with Crippen LogP contribution in [0, 0.1) is 27.4 Å². The van der Waals surface area contributed by atoms with Crippen molar-refractivity contribution in [3.63, 3.8) is 0 Å². The molecular weight excluding hydrogens is 204 g/mol. The number of nitro groups is 1. The minimum atomic E-state index is -0.372. The lowest BCUT2D eigenvalue weighted by atomic mass is 10.1. The third-order valence-corrected chi connectivity index (χ3v) is 2.16. The van der Waals surface area contributed by atoms with Crippen LogP contribution >= 0.6 is 0 Å². The van der Waals surface area contributed by atoms with E-state index in [4.69, 9.17) is 5.26 Å². The van der Waals surface area contributed by atoms with Gasteiger partial charge in [-0.05, 0) is 17.7 Å². The van der Waals surface area contributed by atoms with Crippen molar-refractivity contribution < 1.29 is 4.92 Å². The fourth-order valence-corrected chi connectivity index (χ4v) is 1.25. The average molecular weight is 216 g/mol. The van der Waals surface area contributed by atoms with Crippen LogP contribution in [-0.2, 0) is 0 Å². The highest BCUT2D eigenvalue weighted by atomic mass is 16.6. The number of rotatable bonds is 3. The van der Waals surface area contributed by atoms with E-state index < -0.39 is 0 Å². The van der Waals surface area contributed by atoms with Crippen LogP contribution in [0.15, 0.2) is 30.0 Å². The minimum absolute atomic E-state index is 0.134. The van der Waals surface area contributed by atoms with E-state index in [1.54, 1.807) is 38.1 Å². The van der Waals surface area contributed by atoms with Gasteiger partial charge in [0.25, 0.3) is 0 Å². The lowest BCUT2D eigenvalue weighted by Crippen LogP contribution is -2.05. The van der Waals surface area contributed by atoms with Crippen LogP contribution in [-0.4, -0.2) is 4.92 Å². The zero-order chi connectivity index (χ0) is 12.1. The molecule has 0 atom stereocenters. The molecule has 0 aliphatic heterocycles. The van der Waals surface area contributed by atoms with Crippen LogP contribution in [0.25, 0.3) is 6.08 Å². The molecule has 0 bridgehead atoms. The van der Waals surface area contributed by atoms with Crippen molar-refractivity contribution in [1.29, 1.82) is 5.26 Å². The fourth-order valence-electron chi connectivity index (χ4n) is 1.25. The van der Waals surface area contributed by atoms with Crippen LogP contribution in [0.2, 0.25) is 0 Å². The van der Waals surface area contributed by atoms with Gasteiger partial charge in [-0.3, -0.25) is 10.1 Å². The molecule has 16 heavy (non-hydrogen) atoms. The Morgan fingerprint density at radius 1 is 1.44 bits per heavy atom. The Labute approximate surface area is 94.0 Å². The molecule has 0 unspecified atom stereocenters. The van der Waals surface area contributed by atoms with Crippen molar-refractivity contribution >= 4 is 6.08 Å². The van der Waals surface area contributed by atoms with Gasteiger partial charge in [-0.15, -0.1) is 0 Å². The fraction of sp³-hybridized carbons (Fsp3) is 0.250. The molecular formula is C12H12N2O2. The summed E-state index contributed by atoms with van der Waals surface area (Å²) < 4.78 is 0. The van der Waals surface area contributed by atoms with E-state index in [2.05, 4.69) is 0 Å². The van der Waals surface area contributed by atoms with Crippen molar-refractivity contribution in [1.82, 2.24) is 0 Å². The summed E-state index contributed by atoms with van der Waals surface area (Å²) in [7, 11) is 0. The van der Waals surface area contributed by atoms with Crippen LogP contribution in [0.5, 0.6) is 0 Å². The molecule has 1 aromatic carbocycles. The van der Waals surface area contributed by atoms with Crippen molar-refractivity contribution in [3.05, 3.63) is 51.2 Å². The molecule has 1 rings (SSSR count). The zero-order valence-corrected chi connectivity index (χ0v) is 9.18. The van der Waals surface area contributed by atoms with E-state index in [9.17, 15) is 10.1 Å². The largest absolute Gasteiger partial charge is 0.259 e. The third-order valence-electron chi connectivity index (χ3n) is 2.16. The molecule has 0 aromatic heterocycles. The summed E-state index contributed by atoms with van der Waals surface area (Å²) in [5, 5.41) is 19.4. The maximum absolute atomic E-state index is 10.8. The molecule has 0 saturated heterocycles. The molecule has 0 radical (unpaired) electrons. The highest BCUT2D eigenvalue weighted by molar-refractivity contribution is 5.52. The molecule has 0 spiro atoms. The van der Waals surface area contributed by atoms with Crippen LogP contribution in [0.4, 0.5) is 0 Å². The normalized spacial score (nSPS) is 11.2. The summed E-state index contributed by atoms with van der Waals surface area (Å²) in [6.45, 7) is 3.55. The van der Waals surface area contributed by atoms with E-state index in [1.807, 2.05) is 6.07 Å². The molecule has 4 nitrogen and oxygen atoms in total.